The van der Waals surface area contributed by atoms with Gasteiger partial charge in [-0.25, -0.2) is 0 Å². The standard InChI is InChI=1S/C17H20N2OS/c1-11-10-14(6-9-16(11)17(18)21)19-12(2)13-4-7-15(20-3)8-5-13/h4-10,12,19H,1-3H3,(H2,18,21). The molecule has 4 heteroatoms. The molecule has 2 aromatic carbocycles. The van der Waals surface area contributed by atoms with Crippen LogP contribution in [0.4, 0.5) is 5.69 Å². The summed E-state index contributed by atoms with van der Waals surface area (Å²) in [5.74, 6) is 0.864. The number of nitrogens with one attached hydrogen (secondary N) is 1. The predicted octanol–water partition coefficient (Wildman–Crippen LogP) is 3.81. The Morgan fingerprint density at radius 3 is 2.38 bits per heavy atom. The summed E-state index contributed by atoms with van der Waals surface area (Å²) >= 11 is 5.03. The Morgan fingerprint density at radius 2 is 1.86 bits per heavy atom. The SMILES string of the molecule is COc1ccc(C(C)Nc2ccc(C(N)=S)c(C)c2)cc1. The van der Waals surface area contributed by atoms with Crippen molar-refractivity contribution in [2.75, 3.05) is 12.4 Å². The van der Waals surface area contributed by atoms with Crippen molar-refractivity contribution in [1.82, 2.24) is 0 Å². The van der Waals surface area contributed by atoms with Crippen LogP contribution in [-0.2, 0) is 0 Å². The lowest BCUT2D eigenvalue weighted by molar-refractivity contribution is 0.414. The van der Waals surface area contributed by atoms with Crippen molar-refractivity contribution in [3.63, 3.8) is 0 Å². The molecule has 1 unspecified atom stereocenters. The highest BCUT2D eigenvalue weighted by atomic mass is 32.1. The van der Waals surface area contributed by atoms with Gasteiger partial charge in [0.25, 0.3) is 0 Å². The molecule has 2 aromatic rings. The van der Waals surface area contributed by atoms with E-state index in [-0.39, 0.29) is 6.04 Å². The summed E-state index contributed by atoms with van der Waals surface area (Å²) in [5, 5.41) is 3.48. The first-order valence-corrected chi connectivity index (χ1v) is 7.23. The normalized spacial score (nSPS) is 11.8. The molecule has 0 saturated heterocycles. The molecule has 0 heterocycles. The van der Waals surface area contributed by atoms with Crippen LogP contribution in [0.25, 0.3) is 0 Å². The summed E-state index contributed by atoms with van der Waals surface area (Å²) in [4.78, 5) is 0.433. The summed E-state index contributed by atoms with van der Waals surface area (Å²) < 4.78 is 5.17. The maximum Gasteiger partial charge on any atom is 0.118 e. The van der Waals surface area contributed by atoms with Gasteiger partial charge in [-0.3, -0.25) is 0 Å². The fourth-order valence-electron chi connectivity index (χ4n) is 2.26. The molecule has 3 N–H and O–H groups in total. The lowest BCUT2D eigenvalue weighted by Gasteiger charge is -2.17. The molecular formula is C17H20N2OS. The molecule has 0 spiro atoms. The van der Waals surface area contributed by atoms with Crippen LogP contribution in [0, 0.1) is 6.92 Å². The quantitative estimate of drug-likeness (QED) is 0.824. The lowest BCUT2D eigenvalue weighted by atomic mass is 10.1. The van der Waals surface area contributed by atoms with Gasteiger partial charge in [-0.05, 0) is 55.3 Å². The highest BCUT2D eigenvalue weighted by Crippen LogP contribution is 2.23. The number of benzene rings is 2. The molecule has 0 saturated carbocycles. The van der Waals surface area contributed by atoms with Crippen LogP contribution in [-0.4, -0.2) is 12.1 Å². The fraction of sp³-hybridized carbons (Fsp3) is 0.235. The zero-order valence-corrected chi connectivity index (χ0v) is 13.3. The average Bonchev–Trinajstić information content (AvgIpc) is 2.47. The highest BCUT2D eigenvalue weighted by molar-refractivity contribution is 7.80. The van der Waals surface area contributed by atoms with Crippen LogP contribution in [0.5, 0.6) is 5.75 Å². The summed E-state index contributed by atoms with van der Waals surface area (Å²) in [5.41, 5.74) is 9.94. The minimum Gasteiger partial charge on any atom is -0.497 e. The van der Waals surface area contributed by atoms with E-state index in [2.05, 4.69) is 30.4 Å². The van der Waals surface area contributed by atoms with E-state index in [1.54, 1.807) is 7.11 Å². The number of rotatable bonds is 5. The van der Waals surface area contributed by atoms with Crippen LogP contribution < -0.4 is 15.8 Å². The Balaban J connectivity index is 2.13. The van der Waals surface area contributed by atoms with Gasteiger partial charge in [-0.1, -0.05) is 24.4 Å². The minimum absolute atomic E-state index is 0.200. The second-order valence-electron chi connectivity index (χ2n) is 5.03. The highest BCUT2D eigenvalue weighted by Gasteiger charge is 2.07. The third-order valence-corrected chi connectivity index (χ3v) is 3.71. The first kappa shape index (κ1) is 15.3. The van der Waals surface area contributed by atoms with Crippen LogP contribution in [0.15, 0.2) is 42.5 Å². The van der Waals surface area contributed by atoms with E-state index in [1.165, 1.54) is 5.56 Å². The predicted molar refractivity (Wildman–Crippen MR) is 92.1 cm³/mol. The second kappa shape index (κ2) is 6.59. The van der Waals surface area contributed by atoms with E-state index in [0.29, 0.717) is 4.99 Å². The van der Waals surface area contributed by atoms with Crippen molar-refractivity contribution in [1.29, 1.82) is 0 Å². The molecule has 1 atom stereocenters. The summed E-state index contributed by atoms with van der Waals surface area (Å²) in [6, 6.07) is 14.3. The molecule has 0 aromatic heterocycles. The third kappa shape index (κ3) is 3.73. The molecule has 0 aliphatic carbocycles. The number of hydrogen-bond acceptors (Lipinski definition) is 3. The molecule has 3 nitrogen and oxygen atoms in total. The van der Waals surface area contributed by atoms with E-state index in [4.69, 9.17) is 22.7 Å². The molecule has 0 aliphatic heterocycles. The van der Waals surface area contributed by atoms with Gasteiger partial charge in [-0.15, -0.1) is 0 Å². The monoisotopic (exact) mass is 300 g/mol. The van der Waals surface area contributed by atoms with E-state index in [9.17, 15) is 0 Å². The van der Waals surface area contributed by atoms with Crippen LogP contribution >= 0.6 is 12.2 Å². The zero-order chi connectivity index (χ0) is 15.4. The third-order valence-electron chi connectivity index (χ3n) is 3.49. The number of nitrogens with two attached hydrogens (primary N) is 1. The van der Waals surface area contributed by atoms with Crippen LogP contribution in [0.3, 0.4) is 0 Å². The van der Waals surface area contributed by atoms with Crippen LogP contribution in [0.2, 0.25) is 0 Å². The van der Waals surface area contributed by atoms with E-state index in [1.807, 2.05) is 31.2 Å². The van der Waals surface area contributed by atoms with Crippen molar-refractivity contribution in [3.05, 3.63) is 59.2 Å². The van der Waals surface area contributed by atoms with Gasteiger partial charge in [0.2, 0.25) is 0 Å². The van der Waals surface area contributed by atoms with E-state index >= 15 is 0 Å². The Hall–Kier alpha value is -2.07. The molecule has 0 aliphatic rings. The summed E-state index contributed by atoms with van der Waals surface area (Å²) in [7, 11) is 1.67. The molecule has 110 valence electrons. The van der Waals surface area contributed by atoms with Crippen molar-refractivity contribution in [2.45, 2.75) is 19.9 Å². The molecule has 0 radical (unpaired) electrons. The number of ether oxygens (including phenoxy) is 1. The second-order valence-corrected chi connectivity index (χ2v) is 5.47. The van der Waals surface area contributed by atoms with Crippen LogP contribution in [0.1, 0.15) is 29.7 Å². The topological polar surface area (TPSA) is 47.3 Å². The van der Waals surface area contributed by atoms with Crippen molar-refractivity contribution in [2.24, 2.45) is 5.73 Å². The Morgan fingerprint density at radius 1 is 1.19 bits per heavy atom. The number of aryl methyl sites for hydroxylation is 1. The first-order chi connectivity index (χ1) is 10.0. The molecule has 21 heavy (non-hydrogen) atoms. The molecular weight excluding hydrogens is 280 g/mol. The number of thiocarbonyl (C=S) groups is 1. The maximum absolute atomic E-state index is 5.68. The van der Waals surface area contributed by atoms with E-state index in [0.717, 1.165) is 22.6 Å². The summed E-state index contributed by atoms with van der Waals surface area (Å²) in [6.45, 7) is 4.14. The Kier molecular flexibility index (Phi) is 4.81. The summed E-state index contributed by atoms with van der Waals surface area (Å²) in [6.07, 6.45) is 0. The Bertz CT molecular complexity index is 638. The first-order valence-electron chi connectivity index (χ1n) is 6.82. The lowest BCUT2D eigenvalue weighted by Crippen LogP contribution is -2.12. The van der Waals surface area contributed by atoms with Gasteiger partial charge in [0.1, 0.15) is 10.7 Å². The van der Waals surface area contributed by atoms with Crippen molar-refractivity contribution < 1.29 is 4.74 Å². The van der Waals surface area contributed by atoms with Gasteiger partial charge < -0.3 is 15.8 Å². The molecule has 0 amide bonds. The number of anilines is 1. The molecule has 2 rings (SSSR count). The zero-order valence-electron chi connectivity index (χ0n) is 12.5. The fourth-order valence-corrected chi connectivity index (χ4v) is 2.48. The molecule has 0 bridgehead atoms. The number of methoxy groups -OCH3 is 1. The Labute approximate surface area is 131 Å². The van der Waals surface area contributed by atoms with Gasteiger partial charge in [0.05, 0.1) is 7.11 Å². The van der Waals surface area contributed by atoms with Gasteiger partial charge >= 0.3 is 0 Å². The average molecular weight is 300 g/mol. The van der Waals surface area contributed by atoms with E-state index < -0.39 is 0 Å². The largest absolute Gasteiger partial charge is 0.497 e. The van der Waals surface area contributed by atoms with Crippen molar-refractivity contribution in [3.8, 4) is 5.75 Å². The van der Waals surface area contributed by atoms with Gasteiger partial charge in [0, 0.05) is 17.3 Å². The smallest absolute Gasteiger partial charge is 0.118 e. The molecule has 0 fully saturated rings. The minimum atomic E-state index is 0.200. The number of hydrogen-bond donors (Lipinski definition) is 2. The van der Waals surface area contributed by atoms with Gasteiger partial charge in [0.15, 0.2) is 0 Å². The van der Waals surface area contributed by atoms with Gasteiger partial charge in [-0.2, -0.15) is 0 Å². The van der Waals surface area contributed by atoms with Crippen molar-refractivity contribution >= 4 is 22.9 Å². The maximum atomic E-state index is 5.68.